The Labute approximate surface area is 167 Å². The normalized spacial score (nSPS) is 11.1. The van der Waals surface area contributed by atoms with Crippen molar-refractivity contribution < 1.29 is 9.53 Å². The minimum absolute atomic E-state index is 0.0511. The first kappa shape index (κ1) is 18.8. The molecule has 148 valence electrons. The number of methoxy groups -OCH3 is 1. The highest BCUT2D eigenvalue weighted by Gasteiger charge is 2.12. The Morgan fingerprint density at radius 3 is 2.76 bits per heavy atom. The zero-order valence-electron chi connectivity index (χ0n) is 16.2. The summed E-state index contributed by atoms with van der Waals surface area (Å²) in [6, 6.07) is 15.3. The van der Waals surface area contributed by atoms with Gasteiger partial charge in [-0.1, -0.05) is 24.3 Å². The number of anilines is 2. The number of ether oxygens (including phenoxy) is 1. The van der Waals surface area contributed by atoms with E-state index in [-0.39, 0.29) is 5.91 Å². The lowest BCUT2D eigenvalue weighted by atomic mass is 10.1. The third-order valence-electron chi connectivity index (χ3n) is 4.65. The molecule has 2 aromatic heterocycles. The number of hydrogen-bond acceptors (Lipinski definition) is 7. The molecule has 0 radical (unpaired) electrons. The predicted molar refractivity (Wildman–Crippen MR) is 109 cm³/mol. The minimum Gasteiger partial charge on any atom is -0.383 e. The van der Waals surface area contributed by atoms with E-state index in [1.807, 2.05) is 48.5 Å². The Kier molecular flexibility index (Phi) is 5.30. The number of tetrazole rings is 1. The summed E-state index contributed by atoms with van der Waals surface area (Å²) in [6.45, 7) is 1.10. The number of fused-ring (bicyclic) bond motifs is 3. The molecule has 1 amide bonds. The number of carbonyl (C=O) groups is 1. The third-order valence-corrected chi connectivity index (χ3v) is 4.65. The van der Waals surface area contributed by atoms with E-state index in [1.165, 1.54) is 0 Å². The fourth-order valence-corrected chi connectivity index (χ4v) is 2.99. The zero-order chi connectivity index (χ0) is 20.2. The maximum atomic E-state index is 12.3. The minimum atomic E-state index is 0.0511. The van der Waals surface area contributed by atoms with E-state index in [4.69, 9.17) is 4.74 Å². The number of amides is 1. The van der Waals surface area contributed by atoms with Crippen molar-refractivity contribution >= 4 is 34.1 Å². The molecule has 2 aromatic carbocycles. The summed E-state index contributed by atoms with van der Waals surface area (Å²) in [4.78, 5) is 18.6. The van der Waals surface area contributed by atoms with Crippen LogP contribution in [0.1, 0.15) is 5.56 Å². The van der Waals surface area contributed by atoms with Crippen molar-refractivity contribution in [1.29, 1.82) is 0 Å². The molecule has 9 heteroatoms. The molecule has 0 unspecified atom stereocenters. The summed E-state index contributed by atoms with van der Waals surface area (Å²) < 4.78 is 6.67. The van der Waals surface area contributed by atoms with Crippen LogP contribution in [0.15, 0.2) is 48.5 Å². The van der Waals surface area contributed by atoms with Crippen LogP contribution in [0.25, 0.3) is 16.7 Å². The summed E-state index contributed by atoms with van der Waals surface area (Å²) in [5.74, 6) is 0.618. The van der Waals surface area contributed by atoms with Crippen LogP contribution in [0, 0.1) is 0 Å². The summed E-state index contributed by atoms with van der Waals surface area (Å²) in [7, 11) is 3.40. The first-order chi connectivity index (χ1) is 14.2. The Bertz CT molecular complexity index is 1140. The number of nitrogens with one attached hydrogen (secondary N) is 1. The van der Waals surface area contributed by atoms with Crippen molar-refractivity contribution in [3.8, 4) is 0 Å². The SMILES string of the molecule is COCCN(C)C(=O)Cc1ccc(Nc2nc3ccccc3n3nnnc23)cc1. The Morgan fingerprint density at radius 2 is 1.97 bits per heavy atom. The van der Waals surface area contributed by atoms with Gasteiger partial charge in [0.25, 0.3) is 0 Å². The second kappa shape index (κ2) is 8.19. The van der Waals surface area contributed by atoms with Crippen molar-refractivity contribution in [3.63, 3.8) is 0 Å². The maximum absolute atomic E-state index is 12.3. The number of nitrogens with zero attached hydrogens (tertiary/aromatic N) is 6. The lowest BCUT2D eigenvalue weighted by molar-refractivity contribution is -0.129. The summed E-state index contributed by atoms with van der Waals surface area (Å²) in [5.41, 5.74) is 3.94. The van der Waals surface area contributed by atoms with Crippen LogP contribution in [0.2, 0.25) is 0 Å². The van der Waals surface area contributed by atoms with E-state index in [1.54, 1.807) is 23.6 Å². The lowest BCUT2D eigenvalue weighted by Gasteiger charge is -2.16. The molecule has 0 fully saturated rings. The standard InChI is InChI=1S/C20H21N7O2/c1-26(11-12-29-2)18(28)13-14-7-9-15(10-8-14)21-19-20-23-24-25-27(20)17-6-4-3-5-16(17)22-19/h3-10H,11-13H2,1-2H3,(H,21,22). The maximum Gasteiger partial charge on any atom is 0.226 e. The molecular weight excluding hydrogens is 370 g/mol. The van der Waals surface area contributed by atoms with Gasteiger partial charge < -0.3 is 15.0 Å². The van der Waals surface area contributed by atoms with Crippen LogP contribution in [0.4, 0.5) is 11.5 Å². The number of rotatable bonds is 7. The molecule has 0 bridgehead atoms. The Hall–Kier alpha value is -3.59. The molecule has 0 aliphatic heterocycles. The van der Waals surface area contributed by atoms with Gasteiger partial charge >= 0.3 is 0 Å². The van der Waals surface area contributed by atoms with Gasteiger partial charge in [0.05, 0.1) is 24.1 Å². The molecule has 0 spiro atoms. The molecule has 0 aliphatic rings. The first-order valence-corrected chi connectivity index (χ1v) is 9.21. The van der Waals surface area contributed by atoms with E-state index in [2.05, 4.69) is 25.8 Å². The highest BCUT2D eigenvalue weighted by atomic mass is 16.5. The number of carbonyl (C=O) groups excluding carboxylic acids is 1. The number of aromatic nitrogens is 5. The lowest BCUT2D eigenvalue weighted by Crippen LogP contribution is -2.31. The molecule has 1 N–H and O–H groups in total. The smallest absolute Gasteiger partial charge is 0.226 e. The van der Waals surface area contributed by atoms with E-state index in [0.29, 0.717) is 31.0 Å². The van der Waals surface area contributed by atoms with Gasteiger partial charge in [-0.2, -0.15) is 4.52 Å². The summed E-state index contributed by atoms with van der Waals surface area (Å²) >= 11 is 0. The molecule has 0 saturated carbocycles. The van der Waals surface area contributed by atoms with E-state index < -0.39 is 0 Å². The molecule has 9 nitrogen and oxygen atoms in total. The molecule has 0 atom stereocenters. The number of hydrogen-bond donors (Lipinski definition) is 1. The van der Waals surface area contributed by atoms with Crippen LogP contribution in [0.3, 0.4) is 0 Å². The van der Waals surface area contributed by atoms with Gasteiger partial charge in [0.2, 0.25) is 11.6 Å². The van der Waals surface area contributed by atoms with E-state index >= 15 is 0 Å². The second-order valence-corrected chi connectivity index (χ2v) is 6.67. The van der Waals surface area contributed by atoms with Crippen molar-refractivity contribution in [2.24, 2.45) is 0 Å². The van der Waals surface area contributed by atoms with Gasteiger partial charge in [-0.3, -0.25) is 4.79 Å². The van der Waals surface area contributed by atoms with Gasteiger partial charge in [0.1, 0.15) is 0 Å². The highest BCUT2D eigenvalue weighted by molar-refractivity contribution is 5.83. The van der Waals surface area contributed by atoms with Crippen molar-refractivity contribution in [1.82, 2.24) is 29.9 Å². The quantitative estimate of drug-likeness (QED) is 0.515. The number of benzene rings is 2. The predicted octanol–water partition coefficient (Wildman–Crippen LogP) is 2.06. The van der Waals surface area contributed by atoms with Crippen LogP contribution >= 0.6 is 0 Å². The molecule has 0 aliphatic carbocycles. The molecule has 29 heavy (non-hydrogen) atoms. The molecular formula is C20H21N7O2. The van der Waals surface area contributed by atoms with Gasteiger partial charge in [-0.25, -0.2) is 4.98 Å². The fourth-order valence-electron chi connectivity index (χ4n) is 2.99. The van der Waals surface area contributed by atoms with Crippen LogP contribution in [0.5, 0.6) is 0 Å². The van der Waals surface area contributed by atoms with Crippen molar-refractivity contribution in [2.75, 3.05) is 32.6 Å². The van der Waals surface area contributed by atoms with Crippen LogP contribution in [-0.4, -0.2) is 63.1 Å². The van der Waals surface area contributed by atoms with Crippen LogP contribution < -0.4 is 5.32 Å². The largest absolute Gasteiger partial charge is 0.383 e. The van der Waals surface area contributed by atoms with E-state index in [9.17, 15) is 4.79 Å². The average Bonchev–Trinajstić information content (AvgIpc) is 3.24. The van der Waals surface area contributed by atoms with E-state index in [0.717, 1.165) is 22.3 Å². The second-order valence-electron chi connectivity index (χ2n) is 6.67. The monoisotopic (exact) mass is 391 g/mol. The Morgan fingerprint density at radius 1 is 1.17 bits per heavy atom. The van der Waals surface area contributed by atoms with Gasteiger partial charge in [0.15, 0.2) is 5.82 Å². The molecule has 4 aromatic rings. The van der Waals surface area contributed by atoms with Crippen molar-refractivity contribution in [2.45, 2.75) is 6.42 Å². The average molecular weight is 391 g/mol. The molecule has 2 heterocycles. The molecule has 0 saturated heterocycles. The number of likely N-dealkylation sites (N-methyl/N-ethyl adjacent to an activating group) is 1. The van der Waals surface area contributed by atoms with Gasteiger partial charge in [-0.15, -0.1) is 5.10 Å². The number of para-hydroxylation sites is 2. The van der Waals surface area contributed by atoms with Gasteiger partial charge in [0, 0.05) is 26.4 Å². The summed E-state index contributed by atoms with van der Waals surface area (Å²) in [5, 5.41) is 15.2. The molecule has 4 rings (SSSR count). The summed E-state index contributed by atoms with van der Waals surface area (Å²) in [6.07, 6.45) is 0.340. The highest BCUT2D eigenvalue weighted by Crippen LogP contribution is 2.22. The van der Waals surface area contributed by atoms with Gasteiger partial charge in [-0.05, 0) is 40.3 Å². The zero-order valence-corrected chi connectivity index (χ0v) is 16.2. The Balaban J connectivity index is 1.52. The third kappa shape index (κ3) is 3.99. The fraction of sp³-hybridized carbons (Fsp3) is 0.250. The van der Waals surface area contributed by atoms with Crippen LogP contribution in [-0.2, 0) is 16.0 Å². The first-order valence-electron chi connectivity index (χ1n) is 9.21. The topological polar surface area (TPSA) is 97.5 Å². The van der Waals surface area contributed by atoms with Crippen molar-refractivity contribution in [3.05, 3.63) is 54.1 Å².